The number of nitrogens with zero attached hydrogens (tertiary/aromatic N) is 1. The van der Waals surface area contributed by atoms with Crippen molar-refractivity contribution in [3.8, 4) is 0 Å². The molecule has 0 aliphatic heterocycles. The highest BCUT2D eigenvalue weighted by Gasteiger charge is 2.22. The maximum absolute atomic E-state index is 11.8. The molecule has 2 rings (SSSR count). The summed E-state index contributed by atoms with van der Waals surface area (Å²) in [6, 6.07) is 0.499. The van der Waals surface area contributed by atoms with Crippen molar-refractivity contribution in [2.45, 2.75) is 65.3 Å². The molecule has 21 heavy (non-hydrogen) atoms. The molecule has 0 spiro atoms. The standard InChI is InChI=1S/C16H26N2O2S/c1-4-6-12-7-9-13(10-8-12)17-16-18-14(11(3)21-16)15(19)20-5-2/h12-13H,4-10H2,1-3H3,(H,17,18). The van der Waals surface area contributed by atoms with E-state index in [1.807, 2.05) is 13.8 Å². The van der Waals surface area contributed by atoms with Gasteiger partial charge in [0.2, 0.25) is 0 Å². The number of hydrogen-bond acceptors (Lipinski definition) is 5. The normalized spacial score (nSPS) is 22.0. The predicted molar refractivity (Wildman–Crippen MR) is 87.1 cm³/mol. The summed E-state index contributed by atoms with van der Waals surface area (Å²) in [5.41, 5.74) is 0.462. The van der Waals surface area contributed by atoms with Crippen molar-refractivity contribution in [3.63, 3.8) is 0 Å². The van der Waals surface area contributed by atoms with Crippen LogP contribution >= 0.6 is 11.3 Å². The number of aromatic nitrogens is 1. The first-order valence-electron chi connectivity index (χ1n) is 8.05. The van der Waals surface area contributed by atoms with Gasteiger partial charge in [-0.15, -0.1) is 11.3 Å². The summed E-state index contributed by atoms with van der Waals surface area (Å²) in [6.07, 6.45) is 7.67. The van der Waals surface area contributed by atoms with E-state index < -0.39 is 0 Å². The zero-order chi connectivity index (χ0) is 15.2. The SMILES string of the molecule is CCCC1CCC(Nc2nc(C(=O)OCC)c(C)s2)CC1. The van der Waals surface area contributed by atoms with Crippen LogP contribution in [0.15, 0.2) is 0 Å². The van der Waals surface area contributed by atoms with Gasteiger partial charge in [-0.3, -0.25) is 0 Å². The van der Waals surface area contributed by atoms with Gasteiger partial charge in [-0.2, -0.15) is 0 Å². The van der Waals surface area contributed by atoms with Crippen LogP contribution in [0, 0.1) is 12.8 Å². The average Bonchev–Trinajstić information content (AvgIpc) is 2.82. The van der Waals surface area contributed by atoms with E-state index in [0.717, 1.165) is 15.9 Å². The van der Waals surface area contributed by atoms with Crippen LogP contribution in [-0.4, -0.2) is 23.6 Å². The summed E-state index contributed by atoms with van der Waals surface area (Å²) >= 11 is 1.55. The maximum Gasteiger partial charge on any atom is 0.358 e. The van der Waals surface area contributed by atoms with Crippen molar-refractivity contribution >= 4 is 22.4 Å². The highest BCUT2D eigenvalue weighted by Crippen LogP contribution is 2.31. The molecule has 1 saturated carbocycles. The third kappa shape index (κ3) is 4.43. The molecule has 1 fully saturated rings. The number of carbonyl (C=O) groups is 1. The number of esters is 1. The van der Waals surface area contributed by atoms with Gasteiger partial charge in [-0.25, -0.2) is 9.78 Å². The molecule has 0 amide bonds. The van der Waals surface area contributed by atoms with E-state index in [2.05, 4.69) is 17.2 Å². The van der Waals surface area contributed by atoms with Crippen molar-refractivity contribution in [1.82, 2.24) is 4.98 Å². The van der Waals surface area contributed by atoms with Crippen LogP contribution in [0.2, 0.25) is 0 Å². The van der Waals surface area contributed by atoms with E-state index in [4.69, 9.17) is 4.74 Å². The Kier molecular flexibility index (Phi) is 6.03. The molecule has 0 aromatic carbocycles. The Labute approximate surface area is 131 Å². The van der Waals surface area contributed by atoms with Crippen LogP contribution in [0.3, 0.4) is 0 Å². The Morgan fingerprint density at radius 1 is 1.33 bits per heavy atom. The van der Waals surface area contributed by atoms with E-state index in [-0.39, 0.29) is 5.97 Å². The molecule has 1 aromatic rings. The van der Waals surface area contributed by atoms with Crippen LogP contribution in [0.1, 0.15) is 67.7 Å². The van der Waals surface area contributed by atoms with Crippen molar-refractivity contribution in [2.24, 2.45) is 5.92 Å². The molecule has 0 unspecified atom stereocenters. The minimum absolute atomic E-state index is 0.314. The summed E-state index contributed by atoms with van der Waals surface area (Å²) in [6.45, 7) is 6.39. The average molecular weight is 310 g/mol. The first kappa shape index (κ1) is 16.3. The fourth-order valence-electron chi connectivity index (χ4n) is 3.03. The number of nitrogens with one attached hydrogen (secondary N) is 1. The molecule has 0 atom stereocenters. The second-order valence-corrected chi connectivity index (χ2v) is 7.00. The lowest BCUT2D eigenvalue weighted by atomic mass is 9.83. The minimum Gasteiger partial charge on any atom is -0.461 e. The van der Waals surface area contributed by atoms with Crippen LogP contribution in [0.25, 0.3) is 0 Å². The number of aryl methyl sites for hydroxylation is 1. The molecule has 1 aliphatic rings. The first-order valence-corrected chi connectivity index (χ1v) is 8.86. The second-order valence-electron chi connectivity index (χ2n) is 5.79. The van der Waals surface area contributed by atoms with E-state index in [1.165, 1.54) is 38.5 Å². The fourth-order valence-corrected chi connectivity index (χ4v) is 3.90. The van der Waals surface area contributed by atoms with Gasteiger partial charge in [0.15, 0.2) is 10.8 Å². The Morgan fingerprint density at radius 3 is 2.67 bits per heavy atom. The zero-order valence-electron chi connectivity index (χ0n) is 13.3. The number of carbonyl (C=O) groups excluding carboxylic acids is 1. The van der Waals surface area contributed by atoms with Gasteiger partial charge in [-0.05, 0) is 45.4 Å². The molecule has 1 heterocycles. The summed E-state index contributed by atoms with van der Waals surface area (Å²) in [5, 5.41) is 4.36. The van der Waals surface area contributed by atoms with E-state index >= 15 is 0 Å². The van der Waals surface area contributed by atoms with Gasteiger partial charge in [0.05, 0.1) is 6.61 Å². The topological polar surface area (TPSA) is 51.2 Å². The minimum atomic E-state index is -0.314. The molecule has 5 heteroatoms. The number of ether oxygens (including phenoxy) is 1. The molecule has 4 nitrogen and oxygen atoms in total. The van der Waals surface area contributed by atoms with Crippen molar-refractivity contribution in [3.05, 3.63) is 10.6 Å². The van der Waals surface area contributed by atoms with Crippen LogP contribution < -0.4 is 5.32 Å². The molecule has 1 aliphatic carbocycles. The third-order valence-electron chi connectivity index (χ3n) is 4.14. The molecule has 1 N–H and O–H groups in total. The van der Waals surface area contributed by atoms with Gasteiger partial charge in [0.25, 0.3) is 0 Å². The van der Waals surface area contributed by atoms with Crippen LogP contribution in [0.4, 0.5) is 5.13 Å². The number of thiazole rings is 1. The summed E-state index contributed by atoms with van der Waals surface area (Å²) < 4.78 is 5.03. The van der Waals surface area contributed by atoms with Crippen molar-refractivity contribution < 1.29 is 9.53 Å². The van der Waals surface area contributed by atoms with Crippen LogP contribution in [0.5, 0.6) is 0 Å². The summed E-state index contributed by atoms with van der Waals surface area (Å²) in [7, 11) is 0. The quantitative estimate of drug-likeness (QED) is 0.791. The van der Waals surface area contributed by atoms with Crippen molar-refractivity contribution in [2.75, 3.05) is 11.9 Å². The highest BCUT2D eigenvalue weighted by atomic mass is 32.1. The Bertz CT molecular complexity index is 465. The summed E-state index contributed by atoms with van der Waals surface area (Å²) in [4.78, 5) is 17.1. The molecular weight excluding hydrogens is 284 g/mol. The molecule has 0 radical (unpaired) electrons. The predicted octanol–water partition coefficient (Wildman–Crippen LogP) is 4.40. The second kappa shape index (κ2) is 7.78. The maximum atomic E-state index is 11.8. The Morgan fingerprint density at radius 2 is 2.05 bits per heavy atom. The van der Waals surface area contributed by atoms with E-state index in [0.29, 0.717) is 18.3 Å². The molecule has 0 saturated heterocycles. The summed E-state index contributed by atoms with van der Waals surface area (Å²) in [5.74, 6) is 0.590. The lowest BCUT2D eigenvalue weighted by molar-refractivity contribution is 0.0519. The smallest absolute Gasteiger partial charge is 0.358 e. The van der Waals surface area contributed by atoms with Gasteiger partial charge >= 0.3 is 5.97 Å². The van der Waals surface area contributed by atoms with Crippen molar-refractivity contribution in [1.29, 1.82) is 0 Å². The zero-order valence-corrected chi connectivity index (χ0v) is 14.1. The Hall–Kier alpha value is -1.10. The number of rotatable bonds is 6. The number of anilines is 1. The van der Waals surface area contributed by atoms with Gasteiger partial charge in [0.1, 0.15) is 0 Å². The van der Waals surface area contributed by atoms with E-state index in [1.54, 1.807) is 11.3 Å². The third-order valence-corrected chi connectivity index (χ3v) is 5.04. The van der Waals surface area contributed by atoms with Gasteiger partial charge in [0, 0.05) is 10.9 Å². The molecule has 0 bridgehead atoms. The lowest BCUT2D eigenvalue weighted by Crippen LogP contribution is -2.26. The van der Waals surface area contributed by atoms with Gasteiger partial charge < -0.3 is 10.1 Å². The molecule has 118 valence electrons. The van der Waals surface area contributed by atoms with Crippen LogP contribution in [-0.2, 0) is 4.74 Å². The fraction of sp³-hybridized carbons (Fsp3) is 0.750. The molecule has 1 aromatic heterocycles. The lowest BCUT2D eigenvalue weighted by Gasteiger charge is -2.28. The Balaban J connectivity index is 1.89. The monoisotopic (exact) mass is 310 g/mol. The van der Waals surface area contributed by atoms with E-state index in [9.17, 15) is 4.79 Å². The molecular formula is C16H26N2O2S. The highest BCUT2D eigenvalue weighted by molar-refractivity contribution is 7.15. The van der Waals surface area contributed by atoms with Gasteiger partial charge in [-0.1, -0.05) is 19.8 Å². The largest absolute Gasteiger partial charge is 0.461 e. The first-order chi connectivity index (χ1) is 10.1. The number of hydrogen-bond donors (Lipinski definition) is 1.